The second-order valence-corrected chi connectivity index (χ2v) is 9.19. The molecule has 0 aliphatic rings. The minimum absolute atomic E-state index is 0.246. The lowest BCUT2D eigenvalue weighted by Crippen LogP contribution is -2.33. The van der Waals surface area contributed by atoms with E-state index in [-0.39, 0.29) is 11.5 Å². The van der Waals surface area contributed by atoms with Crippen molar-refractivity contribution in [3.63, 3.8) is 0 Å². The molecule has 0 aliphatic carbocycles. The normalized spacial score (nSPS) is 12.0. The van der Waals surface area contributed by atoms with Crippen LogP contribution >= 0.6 is 11.3 Å². The molecule has 1 amide bonds. The first-order valence-electron chi connectivity index (χ1n) is 11.5. The number of carbonyl (C=O) groups is 1. The molecule has 0 spiro atoms. The van der Waals surface area contributed by atoms with Gasteiger partial charge in [-0.3, -0.25) is 14.2 Å². The Morgan fingerprint density at radius 2 is 1.86 bits per heavy atom. The number of fused-ring (bicyclic) bond motifs is 2. The molecule has 36 heavy (non-hydrogen) atoms. The van der Waals surface area contributed by atoms with E-state index in [4.69, 9.17) is 9.47 Å². The van der Waals surface area contributed by atoms with Gasteiger partial charge in [-0.05, 0) is 41.0 Å². The molecular weight excluding hydrogens is 474 g/mol. The zero-order valence-electron chi connectivity index (χ0n) is 20.1. The molecule has 3 aromatic carbocycles. The minimum Gasteiger partial charge on any atom is -0.497 e. The minimum atomic E-state index is -0.755. The van der Waals surface area contributed by atoms with Crippen LogP contribution < -0.4 is 20.3 Å². The van der Waals surface area contributed by atoms with Crippen molar-refractivity contribution >= 4 is 43.9 Å². The highest BCUT2D eigenvalue weighted by Gasteiger charge is 2.24. The molecule has 7 nitrogen and oxygen atoms in total. The number of amides is 1. The first-order chi connectivity index (χ1) is 17.5. The fourth-order valence-corrected chi connectivity index (χ4v) is 5.28. The predicted molar refractivity (Wildman–Crippen MR) is 144 cm³/mol. The molecule has 0 radical (unpaired) electrons. The molecule has 5 aromatic rings. The maximum Gasteiger partial charge on any atom is 0.263 e. The van der Waals surface area contributed by atoms with Crippen molar-refractivity contribution in [3.8, 4) is 22.6 Å². The Kier molecular flexibility index (Phi) is 6.43. The molecule has 5 rings (SSSR count). The Labute approximate surface area is 211 Å². The summed E-state index contributed by atoms with van der Waals surface area (Å²) in [6.07, 6.45) is 1.86. The third-order valence-electron chi connectivity index (χ3n) is 6.27. The van der Waals surface area contributed by atoms with Gasteiger partial charge >= 0.3 is 0 Å². The van der Waals surface area contributed by atoms with E-state index in [1.54, 1.807) is 25.3 Å². The Balaban J connectivity index is 1.55. The number of hydrogen-bond acceptors (Lipinski definition) is 6. The molecule has 0 saturated carbocycles. The van der Waals surface area contributed by atoms with Crippen LogP contribution in [0.3, 0.4) is 0 Å². The average molecular weight is 500 g/mol. The van der Waals surface area contributed by atoms with E-state index in [0.29, 0.717) is 33.8 Å². The second-order valence-electron chi connectivity index (χ2n) is 8.33. The van der Waals surface area contributed by atoms with Crippen LogP contribution in [0.1, 0.15) is 19.4 Å². The quantitative estimate of drug-likeness (QED) is 0.302. The van der Waals surface area contributed by atoms with Gasteiger partial charge in [0.15, 0.2) is 0 Å². The van der Waals surface area contributed by atoms with Gasteiger partial charge in [-0.15, -0.1) is 11.3 Å². The van der Waals surface area contributed by atoms with Crippen LogP contribution in [0.2, 0.25) is 0 Å². The van der Waals surface area contributed by atoms with Crippen LogP contribution in [-0.4, -0.2) is 29.7 Å². The summed E-state index contributed by atoms with van der Waals surface area (Å²) in [6, 6.07) is 18.6. The van der Waals surface area contributed by atoms with E-state index in [1.807, 2.05) is 42.6 Å². The Bertz CT molecular complexity index is 1640. The molecule has 0 bridgehead atoms. The molecule has 2 heterocycles. The standard InChI is InChI=1S/C28H25N3O4S/c1-4-23(26(32)30-22-14-20(34-2)11-12-24(22)35-3)31-16-29-27-25(28(31)33)21(15-36-27)19-10-9-17-7-5-6-8-18(17)13-19/h5-16,23H,4H2,1-3H3,(H,30,32). The highest BCUT2D eigenvalue weighted by atomic mass is 32.1. The van der Waals surface area contributed by atoms with Gasteiger partial charge in [-0.2, -0.15) is 0 Å². The van der Waals surface area contributed by atoms with E-state index in [1.165, 1.54) is 29.3 Å². The molecule has 1 N–H and O–H groups in total. The summed E-state index contributed by atoms with van der Waals surface area (Å²) in [5.41, 5.74) is 1.98. The van der Waals surface area contributed by atoms with Gasteiger partial charge in [-0.25, -0.2) is 4.98 Å². The van der Waals surface area contributed by atoms with Gasteiger partial charge in [0.2, 0.25) is 5.91 Å². The molecule has 182 valence electrons. The highest BCUT2D eigenvalue weighted by molar-refractivity contribution is 7.17. The number of benzene rings is 3. The van der Waals surface area contributed by atoms with Gasteiger partial charge < -0.3 is 14.8 Å². The van der Waals surface area contributed by atoms with Crippen molar-refractivity contribution in [3.05, 3.63) is 82.7 Å². The van der Waals surface area contributed by atoms with Crippen LogP contribution in [0.5, 0.6) is 11.5 Å². The Morgan fingerprint density at radius 1 is 1.06 bits per heavy atom. The van der Waals surface area contributed by atoms with E-state index in [0.717, 1.165) is 21.9 Å². The molecule has 0 fully saturated rings. The molecule has 0 aliphatic heterocycles. The summed E-state index contributed by atoms with van der Waals surface area (Å²) in [7, 11) is 3.08. The summed E-state index contributed by atoms with van der Waals surface area (Å²) >= 11 is 1.42. The zero-order chi connectivity index (χ0) is 25.2. The summed E-state index contributed by atoms with van der Waals surface area (Å²) < 4.78 is 12.1. The van der Waals surface area contributed by atoms with Crippen LogP contribution in [-0.2, 0) is 4.79 Å². The molecule has 1 unspecified atom stereocenters. The smallest absolute Gasteiger partial charge is 0.263 e. The van der Waals surface area contributed by atoms with E-state index >= 15 is 0 Å². The third-order valence-corrected chi connectivity index (χ3v) is 7.16. The lowest BCUT2D eigenvalue weighted by atomic mass is 10.0. The number of ether oxygens (including phenoxy) is 2. The maximum atomic E-state index is 13.7. The number of aromatic nitrogens is 2. The molecule has 8 heteroatoms. The van der Waals surface area contributed by atoms with Crippen LogP contribution in [0.4, 0.5) is 5.69 Å². The lowest BCUT2D eigenvalue weighted by Gasteiger charge is -2.19. The number of rotatable bonds is 7. The topological polar surface area (TPSA) is 82.4 Å². The van der Waals surface area contributed by atoms with Gasteiger partial charge in [0, 0.05) is 17.0 Å². The van der Waals surface area contributed by atoms with Crippen molar-refractivity contribution in [2.24, 2.45) is 0 Å². The Morgan fingerprint density at radius 3 is 2.61 bits per heavy atom. The van der Waals surface area contributed by atoms with Crippen molar-refractivity contribution in [1.29, 1.82) is 0 Å². The maximum absolute atomic E-state index is 13.7. The number of anilines is 1. The SMILES string of the molecule is CCC(C(=O)Nc1cc(OC)ccc1OC)n1cnc2scc(-c3ccc4ccccc4c3)c2c1=O. The van der Waals surface area contributed by atoms with E-state index < -0.39 is 6.04 Å². The lowest BCUT2D eigenvalue weighted by molar-refractivity contribution is -0.119. The largest absolute Gasteiger partial charge is 0.497 e. The summed E-state index contributed by atoms with van der Waals surface area (Å²) in [6.45, 7) is 1.86. The fourth-order valence-electron chi connectivity index (χ4n) is 4.37. The number of carbonyl (C=O) groups excluding carboxylic acids is 1. The molecule has 1 atom stereocenters. The van der Waals surface area contributed by atoms with E-state index in [2.05, 4.69) is 22.4 Å². The van der Waals surface area contributed by atoms with Gasteiger partial charge in [-0.1, -0.05) is 43.3 Å². The first-order valence-corrected chi connectivity index (χ1v) is 12.4. The van der Waals surface area contributed by atoms with Crippen LogP contribution in [0, 0.1) is 0 Å². The van der Waals surface area contributed by atoms with Gasteiger partial charge in [0.25, 0.3) is 5.56 Å². The predicted octanol–water partition coefficient (Wildman–Crippen LogP) is 5.89. The summed E-state index contributed by atoms with van der Waals surface area (Å²) in [5.74, 6) is 0.740. The summed E-state index contributed by atoms with van der Waals surface area (Å²) in [4.78, 5) is 32.2. The van der Waals surface area contributed by atoms with Crippen molar-refractivity contribution < 1.29 is 14.3 Å². The Hall–Kier alpha value is -4.17. The van der Waals surface area contributed by atoms with Crippen molar-refractivity contribution in [2.75, 3.05) is 19.5 Å². The van der Waals surface area contributed by atoms with Gasteiger partial charge in [0.05, 0.1) is 31.6 Å². The highest BCUT2D eigenvalue weighted by Crippen LogP contribution is 2.33. The number of hydrogen-bond donors (Lipinski definition) is 1. The first kappa shape index (κ1) is 23.6. The number of nitrogens with one attached hydrogen (secondary N) is 1. The fraction of sp³-hybridized carbons (Fsp3) is 0.179. The molecular formula is C28H25N3O4S. The van der Waals surface area contributed by atoms with Crippen molar-refractivity contribution in [2.45, 2.75) is 19.4 Å². The third kappa shape index (κ3) is 4.20. The number of thiophene rings is 1. The number of nitrogens with zero attached hydrogens (tertiary/aromatic N) is 2. The molecule has 2 aromatic heterocycles. The van der Waals surface area contributed by atoms with Gasteiger partial charge in [0.1, 0.15) is 22.4 Å². The van der Waals surface area contributed by atoms with Crippen molar-refractivity contribution in [1.82, 2.24) is 9.55 Å². The summed E-state index contributed by atoms with van der Waals surface area (Å²) in [5, 5.41) is 7.59. The molecule has 0 saturated heterocycles. The number of methoxy groups -OCH3 is 2. The average Bonchev–Trinajstić information content (AvgIpc) is 3.35. The monoisotopic (exact) mass is 499 g/mol. The van der Waals surface area contributed by atoms with Crippen LogP contribution in [0.15, 0.2) is 77.2 Å². The second kappa shape index (κ2) is 9.83. The van der Waals surface area contributed by atoms with Crippen LogP contribution in [0.25, 0.3) is 32.1 Å². The zero-order valence-corrected chi connectivity index (χ0v) is 21.0. The van der Waals surface area contributed by atoms with E-state index in [9.17, 15) is 9.59 Å².